The molecule has 1 aromatic heterocycles. The summed E-state index contributed by atoms with van der Waals surface area (Å²) in [5.74, 6) is -0.186. The minimum atomic E-state index is -0.417. The molecule has 1 aromatic rings. The lowest BCUT2D eigenvalue weighted by atomic mass is 10.2. The molecular weight excluding hydrogens is 226 g/mol. The molecule has 0 saturated carbocycles. The first-order valence-electron chi connectivity index (χ1n) is 5.28. The largest absolute Gasteiger partial charge is 0.462 e. The van der Waals surface area contributed by atoms with Gasteiger partial charge in [-0.1, -0.05) is 6.92 Å². The van der Waals surface area contributed by atoms with Crippen LogP contribution in [0.25, 0.3) is 0 Å². The van der Waals surface area contributed by atoms with Crippen LogP contribution in [-0.2, 0) is 4.74 Å². The van der Waals surface area contributed by atoms with Crippen LogP contribution in [0.1, 0.15) is 37.6 Å². The third kappa shape index (κ3) is 2.85. The summed E-state index contributed by atoms with van der Waals surface area (Å²) in [6.45, 7) is 6.18. The maximum absolute atomic E-state index is 11.6. The van der Waals surface area contributed by atoms with Gasteiger partial charge in [-0.15, -0.1) is 0 Å². The fourth-order valence-electron chi connectivity index (χ4n) is 1.13. The van der Waals surface area contributed by atoms with E-state index in [1.807, 2.05) is 6.92 Å². The van der Waals surface area contributed by atoms with Crippen LogP contribution in [0.3, 0.4) is 0 Å². The van der Waals surface area contributed by atoms with E-state index in [1.54, 1.807) is 6.92 Å². The van der Waals surface area contributed by atoms with Crippen molar-refractivity contribution in [3.8, 4) is 0 Å². The second-order valence-corrected chi connectivity index (χ2v) is 4.22. The second-order valence-electron chi connectivity index (χ2n) is 3.45. The van der Waals surface area contributed by atoms with E-state index in [9.17, 15) is 4.79 Å². The first kappa shape index (κ1) is 12.8. The predicted octanol–water partition coefficient (Wildman–Crippen LogP) is 2.11. The van der Waals surface area contributed by atoms with Gasteiger partial charge in [0.05, 0.1) is 6.61 Å². The number of anilines is 2. The Bertz CT molecular complexity index is 365. The van der Waals surface area contributed by atoms with Crippen LogP contribution in [0.15, 0.2) is 0 Å². The minimum absolute atomic E-state index is 0.231. The number of carbonyl (C=O) groups is 1. The molecule has 16 heavy (non-hydrogen) atoms. The third-order valence-corrected chi connectivity index (χ3v) is 2.98. The van der Waals surface area contributed by atoms with Gasteiger partial charge in [0.2, 0.25) is 0 Å². The molecule has 0 spiro atoms. The molecule has 1 unspecified atom stereocenters. The van der Waals surface area contributed by atoms with Crippen molar-refractivity contribution in [2.45, 2.75) is 33.2 Å². The van der Waals surface area contributed by atoms with Crippen LogP contribution in [0, 0.1) is 0 Å². The standard InChI is InChI=1S/C10H17N3O2S/c1-4-6(3)12-9-7(8(11)13-16-9)10(14)15-5-2/h6,12H,4-5H2,1-3H3,(H2,11,13). The van der Waals surface area contributed by atoms with E-state index in [0.29, 0.717) is 17.2 Å². The summed E-state index contributed by atoms with van der Waals surface area (Å²) >= 11 is 1.19. The molecule has 0 fully saturated rings. The summed E-state index contributed by atoms with van der Waals surface area (Å²) in [7, 11) is 0. The van der Waals surface area contributed by atoms with E-state index >= 15 is 0 Å². The Morgan fingerprint density at radius 1 is 1.62 bits per heavy atom. The smallest absolute Gasteiger partial charge is 0.344 e. The molecule has 0 aliphatic rings. The Kier molecular flexibility index (Phi) is 4.54. The van der Waals surface area contributed by atoms with Crippen molar-refractivity contribution in [3.63, 3.8) is 0 Å². The van der Waals surface area contributed by atoms with Crippen molar-refractivity contribution in [2.24, 2.45) is 0 Å². The zero-order valence-corrected chi connectivity index (χ0v) is 10.6. The molecule has 0 radical (unpaired) electrons. The van der Waals surface area contributed by atoms with Gasteiger partial charge in [-0.3, -0.25) is 0 Å². The highest BCUT2D eigenvalue weighted by molar-refractivity contribution is 7.11. The summed E-state index contributed by atoms with van der Waals surface area (Å²) in [6.07, 6.45) is 0.958. The van der Waals surface area contributed by atoms with Crippen molar-refractivity contribution in [1.82, 2.24) is 4.37 Å². The van der Waals surface area contributed by atoms with Crippen molar-refractivity contribution >= 4 is 28.3 Å². The van der Waals surface area contributed by atoms with Gasteiger partial charge in [0.25, 0.3) is 0 Å². The molecule has 0 aliphatic carbocycles. The highest BCUT2D eigenvalue weighted by Crippen LogP contribution is 2.28. The predicted molar refractivity (Wildman–Crippen MR) is 65.9 cm³/mol. The molecule has 0 saturated heterocycles. The van der Waals surface area contributed by atoms with Gasteiger partial charge >= 0.3 is 5.97 Å². The zero-order valence-electron chi connectivity index (χ0n) is 9.74. The number of nitrogens with zero attached hydrogens (tertiary/aromatic N) is 1. The van der Waals surface area contributed by atoms with E-state index in [1.165, 1.54) is 11.5 Å². The van der Waals surface area contributed by atoms with Gasteiger partial charge < -0.3 is 15.8 Å². The molecule has 1 atom stereocenters. The summed E-state index contributed by atoms with van der Waals surface area (Å²) in [4.78, 5) is 11.6. The van der Waals surface area contributed by atoms with Crippen LogP contribution in [0.5, 0.6) is 0 Å². The third-order valence-electron chi connectivity index (χ3n) is 2.19. The summed E-state index contributed by atoms with van der Waals surface area (Å²) < 4.78 is 8.89. The van der Waals surface area contributed by atoms with E-state index in [-0.39, 0.29) is 11.9 Å². The quantitative estimate of drug-likeness (QED) is 0.774. The van der Waals surface area contributed by atoms with Crippen LogP contribution >= 0.6 is 11.5 Å². The molecule has 90 valence electrons. The Balaban J connectivity index is 2.89. The summed E-state index contributed by atoms with van der Waals surface area (Å²) in [6, 6.07) is 0.271. The number of hydrogen-bond donors (Lipinski definition) is 2. The van der Waals surface area contributed by atoms with Crippen molar-refractivity contribution in [3.05, 3.63) is 5.56 Å². The maximum atomic E-state index is 11.6. The topological polar surface area (TPSA) is 77.2 Å². The lowest BCUT2D eigenvalue weighted by molar-refractivity contribution is 0.0529. The molecular formula is C10H17N3O2S. The number of esters is 1. The van der Waals surface area contributed by atoms with Crippen LogP contribution in [-0.4, -0.2) is 23.0 Å². The Hall–Kier alpha value is -1.30. The normalized spacial score (nSPS) is 12.2. The Morgan fingerprint density at radius 3 is 2.88 bits per heavy atom. The van der Waals surface area contributed by atoms with Gasteiger partial charge in [0.1, 0.15) is 10.6 Å². The number of hydrogen-bond acceptors (Lipinski definition) is 6. The molecule has 6 heteroatoms. The maximum Gasteiger partial charge on any atom is 0.344 e. The summed E-state index contributed by atoms with van der Waals surface area (Å²) in [5.41, 5.74) is 6.00. The lowest BCUT2D eigenvalue weighted by Crippen LogP contribution is -2.16. The van der Waals surface area contributed by atoms with Crippen LogP contribution in [0.4, 0.5) is 10.8 Å². The lowest BCUT2D eigenvalue weighted by Gasteiger charge is -2.11. The van der Waals surface area contributed by atoms with Gasteiger partial charge in [-0.05, 0) is 31.8 Å². The first-order valence-corrected chi connectivity index (χ1v) is 6.06. The average Bonchev–Trinajstić information content (AvgIpc) is 2.60. The summed E-state index contributed by atoms with van der Waals surface area (Å²) in [5, 5.41) is 3.88. The molecule has 0 amide bonds. The van der Waals surface area contributed by atoms with Crippen LogP contribution in [0.2, 0.25) is 0 Å². The number of ether oxygens (including phenoxy) is 1. The second kappa shape index (κ2) is 5.69. The van der Waals surface area contributed by atoms with Gasteiger partial charge in [0, 0.05) is 6.04 Å². The molecule has 0 bridgehead atoms. The average molecular weight is 243 g/mol. The van der Waals surface area contributed by atoms with E-state index in [4.69, 9.17) is 10.5 Å². The number of rotatable bonds is 5. The number of carbonyl (C=O) groups excluding carboxylic acids is 1. The first-order chi connectivity index (χ1) is 7.60. The zero-order chi connectivity index (χ0) is 12.1. The monoisotopic (exact) mass is 243 g/mol. The van der Waals surface area contributed by atoms with Gasteiger partial charge in [-0.25, -0.2) is 4.79 Å². The molecule has 0 aromatic carbocycles. The van der Waals surface area contributed by atoms with Crippen LogP contribution < -0.4 is 11.1 Å². The fraction of sp³-hybridized carbons (Fsp3) is 0.600. The van der Waals surface area contributed by atoms with Gasteiger partial charge in [0.15, 0.2) is 5.82 Å². The van der Waals surface area contributed by atoms with Crippen molar-refractivity contribution < 1.29 is 9.53 Å². The van der Waals surface area contributed by atoms with Crippen molar-refractivity contribution in [2.75, 3.05) is 17.7 Å². The van der Waals surface area contributed by atoms with E-state index in [0.717, 1.165) is 6.42 Å². The van der Waals surface area contributed by atoms with Gasteiger partial charge in [-0.2, -0.15) is 4.37 Å². The SMILES string of the molecule is CCOC(=O)c1c(N)nsc1NC(C)CC. The van der Waals surface area contributed by atoms with E-state index < -0.39 is 5.97 Å². The highest BCUT2D eigenvalue weighted by Gasteiger charge is 2.21. The van der Waals surface area contributed by atoms with E-state index in [2.05, 4.69) is 16.6 Å². The molecule has 3 N–H and O–H groups in total. The highest BCUT2D eigenvalue weighted by atomic mass is 32.1. The minimum Gasteiger partial charge on any atom is -0.462 e. The number of nitrogen functional groups attached to an aromatic ring is 1. The molecule has 0 aliphatic heterocycles. The molecule has 1 rings (SSSR count). The number of nitrogens with two attached hydrogens (primary N) is 1. The number of nitrogens with one attached hydrogen (secondary N) is 1. The number of aromatic nitrogens is 1. The molecule has 5 nitrogen and oxygen atoms in total. The fourth-order valence-corrected chi connectivity index (χ4v) is 1.94. The molecule has 1 heterocycles. The Labute approximate surface area is 99.2 Å². The Morgan fingerprint density at radius 2 is 2.31 bits per heavy atom. The van der Waals surface area contributed by atoms with Crippen molar-refractivity contribution in [1.29, 1.82) is 0 Å².